The summed E-state index contributed by atoms with van der Waals surface area (Å²) in [5.41, 5.74) is 2.26. The Morgan fingerprint density at radius 3 is 2.54 bits per heavy atom. The molecule has 1 heterocycles. The molecule has 1 fully saturated rings. The quantitative estimate of drug-likeness (QED) is 0.717. The van der Waals surface area contributed by atoms with Crippen molar-refractivity contribution in [2.45, 2.75) is 6.54 Å². The van der Waals surface area contributed by atoms with E-state index in [1.807, 2.05) is 42.5 Å². The van der Waals surface area contributed by atoms with Gasteiger partial charge in [0.1, 0.15) is 5.75 Å². The summed E-state index contributed by atoms with van der Waals surface area (Å²) >= 11 is 0. The summed E-state index contributed by atoms with van der Waals surface area (Å²) in [6.45, 7) is 3.87. The zero-order valence-electron chi connectivity index (χ0n) is 15.8. The van der Waals surface area contributed by atoms with Gasteiger partial charge in [-0.2, -0.15) is 0 Å². The molecule has 1 aliphatic rings. The van der Waals surface area contributed by atoms with E-state index in [9.17, 15) is 4.79 Å². The van der Waals surface area contributed by atoms with Crippen LogP contribution in [0.5, 0.6) is 5.75 Å². The van der Waals surface area contributed by atoms with Crippen molar-refractivity contribution in [1.82, 2.24) is 5.32 Å². The van der Waals surface area contributed by atoms with Gasteiger partial charge in [-0.15, -0.1) is 0 Å². The zero-order valence-corrected chi connectivity index (χ0v) is 15.8. The van der Waals surface area contributed by atoms with Crippen LogP contribution in [0.3, 0.4) is 0 Å². The molecule has 5 nitrogen and oxygen atoms in total. The number of rotatable bonds is 6. The minimum atomic E-state index is -0.134. The summed E-state index contributed by atoms with van der Waals surface area (Å²) < 4.78 is 11.1. The number of nitrogens with zero attached hydrogens (tertiary/aromatic N) is 1. The maximum atomic E-state index is 12.2. The molecule has 1 aliphatic heterocycles. The lowest BCUT2D eigenvalue weighted by atomic mass is 10.1. The predicted octanol–water partition coefficient (Wildman–Crippen LogP) is 3.37. The average molecular weight is 376 g/mol. The van der Waals surface area contributed by atoms with E-state index in [4.69, 9.17) is 9.47 Å². The number of hydrogen-bond acceptors (Lipinski definition) is 4. The first-order valence-electron chi connectivity index (χ1n) is 9.58. The molecule has 0 saturated carbocycles. The fourth-order valence-electron chi connectivity index (χ4n) is 3.36. The Kier molecular flexibility index (Phi) is 5.73. The fourth-order valence-corrected chi connectivity index (χ4v) is 3.36. The Balaban J connectivity index is 1.28. The van der Waals surface area contributed by atoms with Gasteiger partial charge in [0.05, 0.1) is 13.2 Å². The van der Waals surface area contributed by atoms with Crippen molar-refractivity contribution in [2.24, 2.45) is 0 Å². The molecule has 1 N–H and O–H groups in total. The second kappa shape index (κ2) is 8.76. The van der Waals surface area contributed by atoms with Crippen molar-refractivity contribution >= 4 is 22.4 Å². The summed E-state index contributed by atoms with van der Waals surface area (Å²) in [6.07, 6.45) is 0. The molecule has 0 aromatic heterocycles. The molecule has 144 valence electrons. The Bertz CT molecular complexity index is 929. The molecule has 0 spiro atoms. The van der Waals surface area contributed by atoms with Crippen LogP contribution >= 0.6 is 0 Å². The minimum Gasteiger partial charge on any atom is -0.483 e. The lowest BCUT2D eigenvalue weighted by Gasteiger charge is -2.28. The van der Waals surface area contributed by atoms with Crippen LogP contribution in [0, 0.1) is 0 Å². The minimum absolute atomic E-state index is 0.000130. The highest BCUT2D eigenvalue weighted by Crippen LogP contribution is 2.25. The molecule has 0 bridgehead atoms. The Hall–Kier alpha value is -3.05. The van der Waals surface area contributed by atoms with Gasteiger partial charge in [0.15, 0.2) is 6.61 Å². The molecule has 4 rings (SSSR count). The number of amides is 1. The zero-order chi connectivity index (χ0) is 19.2. The molecule has 0 unspecified atom stereocenters. The van der Waals surface area contributed by atoms with E-state index in [-0.39, 0.29) is 12.5 Å². The van der Waals surface area contributed by atoms with Crippen LogP contribution in [-0.2, 0) is 16.1 Å². The van der Waals surface area contributed by atoms with Crippen molar-refractivity contribution in [2.75, 3.05) is 37.8 Å². The van der Waals surface area contributed by atoms with Crippen molar-refractivity contribution < 1.29 is 14.3 Å². The maximum absolute atomic E-state index is 12.2. The number of anilines is 1. The summed E-state index contributed by atoms with van der Waals surface area (Å²) in [4.78, 5) is 14.5. The number of hydrogen-bond donors (Lipinski definition) is 1. The first kappa shape index (κ1) is 18.3. The fraction of sp³-hybridized carbons (Fsp3) is 0.261. The molecule has 1 amide bonds. The largest absolute Gasteiger partial charge is 0.483 e. The van der Waals surface area contributed by atoms with Crippen molar-refractivity contribution in [3.05, 3.63) is 72.3 Å². The molecule has 3 aromatic carbocycles. The first-order valence-corrected chi connectivity index (χ1v) is 9.58. The van der Waals surface area contributed by atoms with Gasteiger partial charge in [0.2, 0.25) is 0 Å². The van der Waals surface area contributed by atoms with Gasteiger partial charge in [0, 0.05) is 30.7 Å². The van der Waals surface area contributed by atoms with Crippen molar-refractivity contribution in [3.63, 3.8) is 0 Å². The van der Waals surface area contributed by atoms with Gasteiger partial charge in [0.25, 0.3) is 5.91 Å². The highest BCUT2D eigenvalue weighted by atomic mass is 16.5. The van der Waals surface area contributed by atoms with E-state index in [2.05, 4.69) is 34.5 Å². The standard InChI is InChI=1S/C23H24N2O3/c26-23(17-28-22-7-3-5-19-4-1-2-6-21(19)22)24-16-18-8-10-20(11-9-18)25-12-14-27-15-13-25/h1-11H,12-17H2,(H,24,26). The topological polar surface area (TPSA) is 50.8 Å². The summed E-state index contributed by atoms with van der Waals surface area (Å²) in [5.74, 6) is 0.591. The van der Waals surface area contributed by atoms with Crippen LogP contribution in [0.15, 0.2) is 66.7 Å². The van der Waals surface area contributed by atoms with Crippen molar-refractivity contribution in [1.29, 1.82) is 0 Å². The van der Waals surface area contributed by atoms with Gasteiger partial charge in [-0.25, -0.2) is 0 Å². The van der Waals surface area contributed by atoms with Crippen LogP contribution in [0.25, 0.3) is 10.8 Å². The van der Waals surface area contributed by atoms with E-state index < -0.39 is 0 Å². The van der Waals surface area contributed by atoms with Gasteiger partial charge in [-0.1, -0.05) is 48.5 Å². The monoisotopic (exact) mass is 376 g/mol. The molecule has 28 heavy (non-hydrogen) atoms. The predicted molar refractivity (Wildman–Crippen MR) is 111 cm³/mol. The van der Waals surface area contributed by atoms with Crippen LogP contribution in [-0.4, -0.2) is 38.8 Å². The summed E-state index contributed by atoms with van der Waals surface area (Å²) in [7, 11) is 0. The van der Waals surface area contributed by atoms with E-state index in [1.165, 1.54) is 5.69 Å². The first-order chi connectivity index (χ1) is 13.8. The molecule has 1 saturated heterocycles. The highest BCUT2D eigenvalue weighted by Gasteiger charge is 2.11. The van der Waals surface area contributed by atoms with E-state index >= 15 is 0 Å². The average Bonchev–Trinajstić information content (AvgIpc) is 2.77. The molecule has 3 aromatic rings. The molecule has 5 heteroatoms. The Labute approximate surface area is 164 Å². The van der Waals surface area contributed by atoms with Crippen LogP contribution in [0.1, 0.15) is 5.56 Å². The number of carbonyl (C=O) groups excluding carboxylic acids is 1. The van der Waals surface area contributed by atoms with Gasteiger partial charge in [-0.05, 0) is 29.1 Å². The Morgan fingerprint density at radius 1 is 0.964 bits per heavy atom. The van der Waals surface area contributed by atoms with Gasteiger partial charge in [-0.3, -0.25) is 4.79 Å². The number of fused-ring (bicyclic) bond motifs is 1. The number of morpholine rings is 1. The van der Waals surface area contributed by atoms with E-state index in [1.54, 1.807) is 0 Å². The third kappa shape index (κ3) is 4.43. The lowest BCUT2D eigenvalue weighted by molar-refractivity contribution is -0.123. The number of carbonyl (C=O) groups is 1. The molecular formula is C23H24N2O3. The second-order valence-corrected chi connectivity index (χ2v) is 6.81. The highest BCUT2D eigenvalue weighted by molar-refractivity contribution is 5.88. The molecule has 0 aliphatic carbocycles. The van der Waals surface area contributed by atoms with Gasteiger partial charge < -0.3 is 19.7 Å². The molecule has 0 atom stereocenters. The van der Waals surface area contributed by atoms with Gasteiger partial charge >= 0.3 is 0 Å². The third-order valence-electron chi connectivity index (χ3n) is 4.91. The number of ether oxygens (including phenoxy) is 2. The second-order valence-electron chi connectivity index (χ2n) is 6.81. The lowest BCUT2D eigenvalue weighted by Crippen LogP contribution is -2.36. The molecular weight excluding hydrogens is 352 g/mol. The SMILES string of the molecule is O=C(COc1cccc2ccccc12)NCc1ccc(N2CCOCC2)cc1. The Morgan fingerprint density at radius 2 is 1.71 bits per heavy atom. The number of nitrogens with one attached hydrogen (secondary N) is 1. The normalized spacial score (nSPS) is 14.1. The van der Waals surface area contributed by atoms with Crippen LogP contribution in [0.2, 0.25) is 0 Å². The van der Waals surface area contributed by atoms with Crippen LogP contribution < -0.4 is 15.0 Å². The number of benzene rings is 3. The summed E-state index contributed by atoms with van der Waals surface area (Å²) in [5, 5.41) is 5.03. The maximum Gasteiger partial charge on any atom is 0.258 e. The molecule has 0 radical (unpaired) electrons. The van der Waals surface area contributed by atoms with Crippen LogP contribution in [0.4, 0.5) is 5.69 Å². The van der Waals surface area contributed by atoms with Crippen molar-refractivity contribution in [3.8, 4) is 5.75 Å². The summed E-state index contributed by atoms with van der Waals surface area (Å²) in [6, 6.07) is 22.1. The van der Waals surface area contributed by atoms with E-state index in [0.717, 1.165) is 48.4 Å². The third-order valence-corrected chi connectivity index (χ3v) is 4.91. The van der Waals surface area contributed by atoms with E-state index in [0.29, 0.717) is 6.54 Å². The smallest absolute Gasteiger partial charge is 0.258 e.